The topological polar surface area (TPSA) is 134 Å². The number of benzene rings is 3. The van der Waals surface area contributed by atoms with Crippen LogP contribution >= 0.6 is 0 Å². The summed E-state index contributed by atoms with van der Waals surface area (Å²) >= 11 is 0. The first-order chi connectivity index (χ1) is 24.1. The van der Waals surface area contributed by atoms with Gasteiger partial charge >= 0.3 is 6.16 Å². The molecule has 1 amide bonds. The van der Waals surface area contributed by atoms with Gasteiger partial charge in [0.15, 0.2) is 11.5 Å². The minimum atomic E-state index is -0.894. The molecule has 2 bridgehead atoms. The number of piperazine rings is 1. The van der Waals surface area contributed by atoms with E-state index in [0.29, 0.717) is 41.0 Å². The zero-order valence-corrected chi connectivity index (χ0v) is 28.6. The summed E-state index contributed by atoms with van der Waals surface area (Å²) in [5, 5.41) is 25.7. The van der Waals surface area contributed by atoms with Crippen molar-refractivity contribution in [1.29, 1.82) is 5.26 Å². The number of hydrogen-bond donors (Lipinski definition) is 2. The zero-order chi connectivity index (χ0) is 35.3. The van der Waals surface area contributed by atoms with E-state index in [1.807, 2.05) is 51.2 Å². The number of hydrogen-bond acceptors (Lipinski definition) is 10. The first kappa shape index (κ1) is 33.2. The van der Waals surface area contributed by atoms with Crippen LogP contribution in [0.1, 0.15) is 56.6 Å². The molecule has 1 saturated heterocycles. The summed E-state index contributed by atoms with van der Waals surface area (Å²) in [5.74, 6) is 1.17. The first-order valence-corrected chi connectivity index (χ1v) is 16.8. The summed E-state index contributed by atoms with van der Waals surface area (Å²) < 4.78 is 23.2. The van der Waals surface area contributed by atoms with Crippen molar-refractivity contribution < 1.29 is 33.6 Å². The molecule has 11 nitrogen and oxygen atoms in total. The number of likely N-dealkylation sites (N-methyl/N-ethyl adjacent to an activating group) is 1. The minimum Gasteiger partial charge on any atom is -0.507 e. The van der Waals surface area contributed by atoms with Gasteiger partial charge in [0, 0.05) is 47.0 Å². The van der Waals surface area contributed by atoms with E-state index in [2.05, 4.69) is 33.8 Å². The van der Waals surface area contributed by atoms with Crippen LogP contribution < -0.4 is 19.5 Å². The Hall–Kier alpha value is -5.31. The predicted molar refractivity (Wildman–Crippen MR) is 185 cm³/mol. The number of aromatic hydroxyl groups is 1. The van der Waals surface area contributed by atoms with Crippen LogP contribution in [0.15, 0.2) is 55.1 Å². The number of aryl methyl sites for hydroxylation is 1. The van der Waals surface area contributed by atoms with E-state index in [0.717, 1.165) is 27.8 Å². The molecule has 5 atom stereocenters. The number of rotatable bonds is 7. The third kappa shape index (κ3) is 5.45. The number of phenolic OH excluding ortho intramolecular Hbond substituents is 1. The number of nitrogens with one attached hydrogen (secondary N) is 1. The molecule has 0 spiro atoms. The summed E-state index contributed by atoms with van der Waals surface area (Å²) in [6.45, 7) is 9.37. The van der Waals surface area contributed by atoms with Crippen LogP contribution in [-0.4, -0.2) is 72.1 Å². The summed E-state index contributed by atoms with van der Waals surface area (Å²) in [7, 11) is 2.00. The maximum absolute atomic E-state index is 13.3. The highest BCUT2D eigenvalue weighted by molar-refractivity contribution is 5.91. The van der Waals surface area contributed by atoms with Crippen molar-refractivity contribution >= 4 is 18.1 Å². The molecule has 4 aliphatic heterocycles. The van der Waals surface area contributed by atoms with Crippen LogP contribution in [-0.2, 0) is 22.4 Å². The quantitative estimate of drug-likeness (QED) is 0.146. The van der Waals surface area contributed by atoms with Gasteiger partial charge < -0.3 is 29.4 Å². The number of nitrogens with zero attached hydrogens (tertiary/aromatic N) is 3. The van der Waals surface area contributed by atoms with Crippen LogP contribution in [0, 0.1) is 32.1 Å². The van der Waals surface area contributed by atoms with E-state index >= 15 is 0 Å². The Morgan fingerprint density at radius 3 is 2.60 bits per heavy atom. The fraction of sp³-hybridized carbons (Fsp3) is 0.359. The Morgan fingerprint density at radius 1 is 1.10 bits per heavy atom. The molecular formula is C39H40N4O7. The number of amides is 1. The molecule has 2 N–H and O–H groups in total. The van der Waals surface area contributed by atoms with Gasteiger partial charge in [-0.25, -0.2) is 4.79 Å². The smallest absolute Gasteiger partial charge is 0.507 e. The third-order valence-corrected chi connectivity index (χ3v) is 10.6. The Morgan fingerprint density at radius 2 is 1.86 bits per heavy atom. The number of phenols is 1. The van der Waals surface area contributed by atoms with E-state index < -0.39 is 18.2 Å². The third-order valence-electron chi connectivity index (χ3n) is 10.6. The molecule has 1 fully saturated rings. The van der Waals surface area contributed by atoms with Crippen molar-refractivity contribution in [3.05, 3.63) is 99.6 Å². The van der Waals surface area contributed by atoms with Gasteiger partial charge in [-0.3, -0.25) is 14.6 Å². The normalized spacial score (nSPS) is 23.3. The molecule has 1 unspecified atom stereocenters. The van der Waals surface area contributed by atoms with Crippen molar-refractivity contribution in [2.75, 3.05) is 27.0 Å². The molecule has 0 radical (unpaired) electrons. The van der Waals surface area contributed by atoms with Crippen molar-refractivity contribution in [2.45, 2.75) is 63.8 Å². The average molecular weight is 677 g/mol. The second kappa shape index (κ2) is 13.2. The van der Waals surface area contributed by atoms with Gasteiger partial charge in [0.2, 0.25) is 12.7 Å². The van der Waals surface area contributed by atoms with Crippen molar-refractivity contribution in [1.82, 2.24) is 15.1 Å². The largest absolute Gasteiger partial charge is 0.514 e. The number of carbonyl (C=O) groups excluding carboxylic acids is 2. The Bertz CT molecular complexity index is 1950. The molecular weight excluding hydrogens is 636 g/mol. The molecule has 0 aromatic heterocycles. The SMILES string of the molecule is C=CCOC(=O)Oc1c(C)c2c(c3c1CC1[C@H]4c5c(cc(C)c(C)c5O)C[C@@H]([C@H](C#N)N1[C@H]3CNC(=O)/C=C/c1ccccc1)N4C)OCO2. The van der Waals surface area contributed by atoms with Crippen molar-refractivity contribution in [2.24, 2.45) is 0 Å². The van der Waals surface area contributed by atoms with Crippen LogP contribution in [0.25, 0.3) is 6.08 Å². The van der Waals surface area contributed by atoms with Gasteiger partial charge in [-0.15, -0.1) is 0 Å². The average Bonchev–Trinajstić information content (AvgIpc) is 3.61. The highest BCUT2D eigenvalue weighted by Crippen LogP contribution is 2.57. The van der Waals surface area contributed by atoms with Gasteiger partial charge in [-0.1, -0.05) is 49.1 Å². The molecule has 3 aromatic carbocycles. The summed E-state index contributed by atoms with van der Waals surface area (Å²) in [6, 6.07) is 12.2. The molecule has 11 heteroatoms. The van der Waals surface area contributed by atoms with Gasteiger partial charge in [0.1, 0.15) is 24.1 Å². The lowest BCUT2D eigenvalue weighted by molar-refractivity contribution is -0.117. The number of fused-ring (bicyclic) bond motifs is 9. The fourth-order valence-electron chi connectivity index (χ4n) is 8.26. The van der Waals surface area contributed by atoms with Gasteiger partial charge in [0.05, 0.1) is 18.2 Å². The molecule has 4 aliphatic rings. The number of ether oxygens (including phenoxy) is 4. The van der Waals surface area contributed by atoms with E-state index in [1.54, 1.807) is 13.0 Å². The maximum Gasteiger partial charge on any atom is 0.514 e. The van der Waals surface area contributed by atoms with Crippen LogP contribution in [0.3, 0.4) is 0 Å². The van der Waals surface area contributed by atoms with Crippen molar-refractivity contribution in [3.8, 4) is 29.1 Å². The van der Waals surface area contributed by atoms with Crippen LogP contribution in [0.2, 0.25) is 0 Å². The van der Waals surface area contributed by atoms with Gasteiger partial charge in [0.25, 0.3) is 0 Å². The molecule has 258 valence electrons. The Kier molecular flexibility index (Phi) is 8.76. The lowest BCUT2D eigenvalue weighted by Crippen LogP contribution is -2.68. The maximum atomic E-state index is 13.3. The van der Waals surface area contributed by atoms with E-state index in [9.17, 15) is 20.0 Å². The first-order valence-electron chi connectivity index (χ1n) is 16.8. The standard InChI is InChI=1S/C39H40N4O7/c1-6-14-47-39(46)50-36-23(4)37-38(49-20-48-37)33-26(36)17-28-34-32-25(15-21(2)22(3)35(32)45)16-27(42(34)5)29(18-40)43(28)30(33)19-41-31(44)13-12-24-10-8-7-9-11-24/h6-13,15,27-30,34,45H,1,14,16-17,19-20H2,2-5H3,(H,41,44)/b13-12+/t27-,28?,29-,30-,34-/m0/s1. The lowest BCUT2D eigenvalue weighted by atomic mass is 9.71. The van der Waals surface area contributed by atoms with Crippen LogP contribution in [0.5, 0.6) is 23.0 Å². The second-order valence-electron chi connectivity index (χ2n) is 13.3. The summed E-state index contributed by atoms with van der Waals surface area (Å²) in [5.41, 5.74) is 6.49. The molecule has 0 saturated carbocycles. The van der Waals surface area contributed by atoms with Crippen molar-refractivity contribution in [3.63, 3.8) is 0 Å². The summed E-state index contributed by atoms with van der Waals surface area (Å²) in [6.07, 6.45) is 4.71. The number of nitriles is 1. The number of carbonyl (C=O) groups is 2. The van der Waals surface area contributed by atoms with E-state index in [1.165, 1.54) is 12.2 Å². The molecule has 0 aliphatic carbocycles. The molecule has 7 rings (SSSR count). The van der Waals surface area contributed by atoms with Gasteiger partial charge in [-0.05, 0) is 69.0 Å². The molecule has 50 heavy (non-hydrogen) atoms. The van der Waals surface area contributed by atoms with E-state index in [4.69, 9.17) is 18.9 Å². The Balaban J connectivity index is 1.38. The highest BCUT2D eigenvalue weighted by atomic mass is 16.7. The van der Waals surface area contributed by atoms with E-state index in [-0.39, 0.29) is 55.5 Å². The summed E-state index contributed by atoms with van der Waals surface area (Å²) in [4.78, 5) is 30.7. The Labute approximate surface area is 291 Å². The fourth-order valence-corrected chi connectivity index (χ4v) is 8.26. The minimum absolute atomic E-state index is 0.0287. The predicted octanol–water partition coefficient (Wildman–Crippen LogP) is 5.35. The molecule has 3 aromatic rings. The monoisotopic (exact) mass is 676 g/mol. The molecule has 4 heterocycles. The van der Waals surface area contributed by atoms with Gasteiger partial charge in [-0.2, -0.15) is 5.26 Å². The second-order valence-corrected chi connectivity index (χ2v) is 13.3. The lowest BCUT2D eigenvalue weighted by Gasteiger charge is -2.60. The zero-order valence-electron chi connectivity index (χ0n) is 28.6. The highest BCUT2D eigenvalue weighted by Gasteiger charge is 2.56. The van der Waals surface area contributed by atoms with Crippen LogP contribution in [0.4, 0.5) is 4.79 Å².